The number of hydrazine groups is 1. The molecule has 18 heavy (non-hydrogen) atoms. The van der Waals surface area contributed by atoms with Crippen molar-refractivity contribution in [2.45, 2.75) is 0 Å². The van der Waals surface area contributed by atoms with Crippen LogP contribution in [0.15, 0.2) is 24.3 Å². The molecule has 0 atom stereocenters. The summed E-state index contributed by atoms with van der Waals surface area (Å²) in [5, 5.41) is 0.834. The van der Waals surface area contributed by atoms with E-state index in [1.165, 1.54) is 0 Å². The lowest BCUT2D eigenvalue weighted by Gasteiger charge is -2.18. The molecule has 7 heteroatoms. The first-order chi connectivity index (χ1) is 8.61. The number of rotatable bonds is 4. The number of primary amides is 1. The van der Waals surface area contributed by atoms with Gasteiger partial charge in [-0.2, -0.15) is 4.98 Å². The van der Waals surface area contributed by atoms with Crippen molar-refractivity contribution >= 4 is 28.6 Å². The van der Waals surface area contributed by atoms with E-state index in [-0.39, 0.29) is 6.54 Å². The van der Waals surface area contributed by atoms with Crippen molar-refractivity contribution in [1.29, 1.82) is 0 Å². The fourth-order valence-corrected chi connectivity index (χ4v) is 1.72. The number of nitrogens with one attached hydrogen (secondary N) is 1. The van der Waals surface area contributed by atoms with Gasteiger partial charge in [0.1, 0.15) is 5.82 Å². The van der Waals surface area contributed by atoms with Crippen molar-refractivity contribution in [2.75, 3.05) is 23.9 Å². The van der Waals surface area contributed by atoms with Gasteiger partial charge in [0.2, 0.25) is 11.9 Å². The summed E-state index contributed by atoms with van der Waals surface area (Å²) in [5.41, 5.74) is 8.33. The molecule has 1 amide bonds. The van der Waals surface area contributed by atoms with Gasteiger partial charge in [-0.05, 0) is 12.1 Å². The van der Waals surface area contributed by atoms with Gasteiger partial charge in [-0.3, -0.25) is 10.2 Å². The lowest BCUT2D eigenvalue weighted by molar-refractivity contribution is -0.116. The normalized spacial score (nSPS) is 10.3. The number of anilines is 2. The first-order valence-corrected chi connectivity index (χ1v) is 5.34. The van der Waals surface area contributed by atoms with Gasteiger partial charge in [0.05, 0.1) is 12.1 Å². The second-order valence-electron chi connectivity index (χ2n) is 3.85. The monoisotopic (exact) mass is 246 g/mol. The van der Waals surface area contributed by atoms with Gasteiger partial charge < -0.3 is 10.6 Å². The molecule has 0 unspecified atom stereocenters. The number of hydrogen-bond acceptors (Lipinski definition) is 6. The molecule has 1 aromatic carbocycles. The molecule has 2 rings (SSSR count). The third-order valence-corrected chi connectivity index (χ3v) is 2.47. The lowest BCUT2D eigenvalue weighted by atomic mass is 10.2. The lowest BCUT2D eigenvalue weighted by Crippen LogP contribution is -2.31. The SMILES string of the molecule is CN(CC(N)=O)c1nc(NN)nc2ccccc12. The van der Waals surface area contributed by atoms with Crippen molar-refractivity contribution < 1.29 is 4.79 Å². The fourth-order valence-electron chi connectivity index (χ4n) is 1.72. The number of fused-ring (bicyclic) bond motifs is 1. The van der Waals surface area contributed by atoms with Crippen LogP contribution in [0.5, 0.6) is 0 Å². The maximum Gasteiger partial charge on any atom is 0.239 e. The van der Waals surface area contributed by atoms with Crippen LogP contribution >= 0.6 is 0 Å². The zero-order valence-corrected chi connectivity index (χ0v) is 9.92. The summed E-state index contributed by atoms with van der Waals surface area (Å²) in [5.74, 6) is 5.79. The van der Waals surface area contributed by atoms with Gasteiger partial charge >= 0.3 is 0 Å². The van der Waals surface area contributed by atoms with E-state index in [2.05, 4.69) is 15.4 Å². The zero-order chi connectivity index (χ0) is 13.1. The van der Waals surface area contributed by atoms with Crippen LogP contribution < -0.4 is 21.9 Å². The largest absolute Gasteiger partial charge is 0.368 e. The highest BCUT2D eigenvalue weighted by Gasteiger charge is 2.12. The number of nitrogens with zero attached hydrogens (tertiary/aromatic N) is 3. The number of carbonyl (C=O) groups excluding carboxylic acids is 1. The van der Waals surface area contributed by atoms with E-state index >= 15 is 0 Å². The molecule has 0 saturated heterocycles. The highest BCUT2D eigenvalue weighted by atomic mass is 16.1. The molecule has 2 aromatic rings. The van der Waals surface area contributed by atoms with Crippen molar-refractivity contribution in [3.8, 4) is 0 Å². The van der Waals surface area contributed by atoms with Gasteiger partial charge in [0.25, 0.3) is 0 Å². The standard InChI is InChI=1S/C11H14N6O/c1-17(6-9(12)18)10-7-4-2-3-5-8(7)14-11(15-10)16-13/h2-5H,6,13H2,1H3,(H2,12,18)(H,14,15,16). The van der Waals surface area contributed by atoms with E-state index in [0.717, 1.165) is 10.9 Å². The minimum atomic E-state index is -0.428. The molecular weight excluding hydrogens is 232 g/mol. The van der Waals surface area contributed by atoms with Crippen LogP contribution in [-0.2, 0) is 4.79 Å². The number of likely N-dealkylation sites (N-methyl/N-ethyl adjacent to an activating group) is 1. The summed E-state index contributed by atoms with van der Waals surface area (Å²) in [6, 6.07) is 7.47. The van der Waals surface area contributed by atoms with E-state index in [1.54, 1.807) is 11.9 Å². The Bertz CT molecular complexity index is 585. The molecule has 94 valence electrons. The summed E-state index contributed by atoms with van der Waals surface area (Å²) < 4.78 is 0. The Morgan fingerprint density at radius 2 is 2.11 bits per heavy atom. The van der Waals surface area contributed by atoms with E-state index in [4.69, 9.17) is 11.6 Å². The van der Waals surface area contributed by atoms with Crippen LogP contribution in [0.1, 0.15) is 0 Å². The molecule has 0 aliphatic rings. The first-order valence-electron chi connectivity index (χ1n) is 5.34. The molecule has 0 aliphatic heterocycles. The molecule has 0 aliphatic carbocycles. The summed E-state index contributed by atoms with van der Waals surface area (Å²) in [6.45, 7) is 0.0744. The first kappa shape index (κ1) is 12.1. The van der Waals surface area contributed by atoms with Crippen LogP contribution in [-0.4, -0.2) is 29.5 Å². The predicted molar refractivity (Wildman–Crippen MR) is 69.8 cm³/mol. The van der Waals surface area contributed by atoms with E-state index < -0.39 is 5.91 Å². The molecule has 0 saturated carbocycles. The van der Waals surface area contributed by atoms with Crippen LogP contribution in [0.3, 0.4) is 0 Å². The van der Waals surface area contributed by atoms with Crippen LogP contribution in [0, 0.1) is 0 Å². The summed E-state index contributed by atoms with van der Waals surface area (Å²) >= 11 is 0. The number of nitrogens with two attached hydrogens (primary N) is 2. The predicted octanol–water partition coefficient (Wildman–Crippen LogP) is -0.163. The van der Waals surface area contributed by atoms with Gasteiger partial charge in [-0.15, -0.1) is 0 Å². The minimum absolute atomic E-state index is 0.0744. The summed E-state index contributed by atoms with van der Waals surface area (Å²) in [4.78, 5) is 21.1. The highest BCUT2D eigenvalue weighted by molar-refractivity contribution is 5.92. The fraction of sp³-hybridized carbons (Fsp3) is 0.182. The molecule has 0 bridgehead atoms. The van der Waals surface area contributed by atoms with Gasteiger partial charge in [-0.25, -0.2) is 10.8 Å². The van der Waals surface area contributed by atoms with E-state index in [0.29, 0.717) is 11.8 Å². The molecule has 0 fully saturated rings. The van der Waals surface area contributed by atoms with Gasteiger partial charge in [0, 0.05) is 12.4 Å². The second-order valence-corrected chi connectivity index (χ2v) is 3.85. The van der Waals surface area contributed by atoms with Crippen molar-refractivity contribution in [1.82, 2.24) is 9.97 Å². The molecule has 7 nitrogen and oxygen atoms in total. The summed E-state index contributed by atoms with van der Waals surface area (Å²) in [7, 11) is 1.74. The number of carbonyl (C=O) groups is 1. The number of para-hydroxylation sites is 1. The topological polar surface area (TPSA) is 110 Å². The van der Waals surface area contributed by atoms with Crippen LogP contribution in [0.25, 0.3) is 10.9 Å². The Morgan fingerprint density at radius 1 is 1.39 bits per heavy atom. The van der Waals surface area contributed by atoms with Crippen LogP contribution in [0.4, 0.5) is 11.8 Å². The van der Waals surface area contributed by atoms with E-state index in [9.17, 15) is 4.79 Å². The average Bonchev–Trinajstić information content (AvgIpc) is 2.36. The Balaban J connectivity index is 2.56. The average molecular weight is 246 g/mol. The maximum absolute atomic E-state index is 11.0. The molecule has 5 N–H and O–H groups in total. The van der Waals surface area contributed by atoms with Gasteiger partial charge in [-0.1, -0.05) is 12.1 Å². The number of aromatic nitrogens is 2. The molecular formula is C11H14N6O. The molecule has 0 radical (unpaired) electrons. The number of hydrogen-bond donors (Lipinski definition) is 3. The third-order valence-electron chi connectivity index (χ3n) is 2.47. The molecule has 1 heterocycles. The summed E-state index contributed by atoms with van der Waals surface area (Å²) in [6.07, 6.45) is 0. The number of benzene rings is 1. The number of amides is 1. The second kappa shape index (κ2) is 4.84. The molecule has 1 aromatic heterocycles. The van der Waals surface area contributed by atoms with Gasteiger partial charge in [0.15, 0.2) is 0 Å². The minimum Gasteiger partial charge on any atom is -0.368 e. The Morgan fingerprint density at radius 3 is 2.78 bits per heavy atom. The third kappa shape index (κ3) is 2.30. The Kier molecular flexibility index (Phi) is 3.24. The smallest absolute Gasteiger partial charge is 0.239 e. The van der Waals surface area contributed by atoms with Crippen molar-refractivity contribution in [3.63, 3.8) is 0 Å². The Labute approximate surface area is 104 Å². The van der Waals surface area contributed by atoms with Crippen molar-refractivity contribution in [3.05, 3.63) is 24.3 Å². The quantitative estimate of drug-likeness (QED) is 0.510. The zero-order valence-electron chi connectivity index (χ0n) is 9.92. The van der Waals surface area contributed by atoms with Crippen molar-refractivity contribution in [2.24, 2.45) is 11.6 Å². The maximum atomic E-state index is 11.0. The van der Waals surface area contributed by atoms with Crippen LogP contribution in [0.2, 0.25) is 0 Å². The highest BCUT2D eigenvalue weighted by Crippen LogP contribution is 2.23. The van der Waals surface area contributed by atoms with E-state index in [1.807, 2.05) is 24.3 Å². The molecule has 0 spiro atoms. The number of nitrogen functional groups attached to an aromatic ring is 1. The Hall–Kier alpha value is -2.41.